The summed E-state index contributed by atoms with van der Waals surface area (Å²) in [5, 5.41) is 12.2. The van der Waals surface area contributed by atoms with Gasteiger partial charge < -0.3 is 15.2 Å². The first kappa shape index (κ1) is 15.9. The SMILES string of the molecule is CCC(CCO)CNCCOCCC(C)C. The normalized spacial score (nSPS) is 13.3. The van der Waals surface area contributed by atoms with Crippen molar-refractivity contribution >= 4 is 0 Å². The summed E-state index contributed by atoms with van der Waals surface area (Å²) in [5.74, 6) is 1.32. The Hall–Kier alpha value is -0.120. The number of hydrogen-bond donors (Lipinski definition) is 2. The Labute approximate surface area is 101 Å². The number of nitrogens with one attached hydrogen (secondary N) is 1. The molecular formula is C13H29NO2. The van der Waals surface area contributed by atoms with Crippen LogP contribution in [0.2, 0.25) is 0 Å². The van der Waals surface area contributed by atoms with Crippen molar-refractivity contribution in [3.63, 3.8) is 0 Å². The highest BCUT2D eigenvalue weighted by atomic mass is 16.5. The fourth-order valence-corrected chi connectivity index (χ4v) is 1.50. The zero-order chi connectivity index (χ0) is 12.2. The lowest BCUT2D eigenvalue weighted by Crippen LogP contribution is -2.26. The molecule has 0 bridgehead atoms. The number of hydrogen-bond acceptors (Lipinski definition) is 3. The minimum Gasteiger partial charge on any atom is -0.396 e. The van der Waals surface area contributed by atoms with Crippen LogP contribution in [-0.2, 0) is 4.74 Å². The van der Waals surface area contributed by atoms with Gasteiger partial charge in [0.25, 0.3) is 0 Å². The number of rotatable bonds is 11. The fraction of sp³-hybridized carbons (Fsp3) is 1.00. The van der Waals surface area contributed by atoms with Crippen LogP contribution in [0.25, 0.3) is 0 Å². The molecule has 1 atom stereocenters. The molecule has 0 aliphatic carbocycles. The van der Waals surface area contributed by atoms with E-state index in [0.717, 1.165) is 51.5 Å². The molecule has 0 fully saturated rings. The van der Waals surface area contributed by atoms with Crippen molar-refractivity contribution in [2.45, 2.75) is 40.0 Å². The molecule has 0 aliphatic rings. The van der Waals surface area contributed by atoms with Gasteiger partial charge in [-0.2, -0.15) is 0 Å². The molecule has 2 N–H and O–H groups in total. The standard InChI is InChI=1S/C13H29NO2/c1-4-13(5-8-15)11-14-7-10-16-9-6-12(2)3/h12-15H,4-11H2,1-3H3. The molecule has 0 saturated carbocycles. The summed E-state index contributed by atoms with van der Waals surface area (Å²) < 4.78 is 5.51. The zero-order valence-corrected chi connectivity index (χ0v) is 11.2. The van der Waals surface area contributed by atoms with Crippen LogP contribution in [0, 0.1) is 11.8 Å². The first-order valence-electron chi connectivity index (χ1n) is 6.60. The lowest BCUT2D eigenvalue weighted by molar-refractivity contribution is 0.124. The van der Waals surface area contributed by atoms with Crippen molar-refractivity contribution in [2.75, 3.05) is 32.9 Å². The van der Waals surface area contributed by atoms with Gasteiger partial charge in [-0.25, -0.2) is 0 Å². The maximum absolute atomic E-state index is 8.84. The molecule has 0 heterocycles. The third kappa shape index (κ3) is 10.4. The summed E-state index contributed by atoms with van der Waals surface area (Å²) in [4.78, 5) is 0. The Morgan fingerprint density at radius 1 is 1.19 bits per heavy atom. The predicted molar refractivity (Wildman–Crippen MR) is 68.6 cm³/mol. The second kappa shape index (κ2) is 11.4. The van der Waals surface area contributed by atoms with Gasteiger partial charge in [0.15, 0.2) is 0 Å². The van der Waals surface area contributed by atoms with Crippen LogP contribution in [0.1, 0.15) is 40.0 Å². The summed E-state index contributed by atoms with van der Waals surface area (Å²) >= 11 is 0. The van der Waals surface area contributed by atoms with E-state index in [-0.39, 0.29) is 0 Å². The Kier molecular flexibility index (Phi) is 11.3. The minimum atomic E-state index is 0.297. The van der Waals surface area contributed by atoms with E-state index in [0.29, 0.717) is 12.5 Å². The fourth-order valence-electron chi connectivity index (χ4n) is 1.50. The van der Waals surface area contributed by atoms with Crippen LogP contribution >= 0.6 is 0 Å². The Morgan fingerprint density at radius 3 is 2.50 bits per heavy atom. The second-order valence-electron chi connectivity index (χ2n) is 4.79. The maximum Gasteiger partial charge on any atom is 0.0590 e. The molecule has 3 nitrogen and oxygen atoms in total. The van der Waals surface area contributed by atoms with Gasteiger partial charge in [0.2, 0.25) is 0 Å². The molecule has 0 radical (unpaired) electrons. The van der Waals surface area contributed by atoms with Crippen LogP contribution in [0.4, 0.5) is 0 Å². The van der Waals surface area contributed by atoms with Crippen LogP contribution in [0.15, 0.2) is 0 Å². The average molecular weight is 231 g/mol. The lowest BCUT2D eigenvalue weighted by atomic mass is 10.0. The third-order valence-corrected chi connectivity index (χ3v) is 2.81. The second-order valence-corrected chi connectivity index (χ2v) is 4.79. The van der Waals surface area contributed by atoms with E-state index in [1.807, 2.05) is 0 Å². The van der Waals surface area contributed by atoms with Gasteiger partial charge in [-0.3, -0.25) is 0 Å². The summed E-state index contributed by atoms with van der Waals surface area (Å²) in [6.07, 6.45) is 3.17. The molecule has 0 aromatic rings. The molecule has 0 aromatic heterocycles. The van der Waals surface area contributed by atoms with Gasteiger partial charge in [0.1, 0.15) is 0 Å². The summed E-state index contributed by atoms with van der Waals surface area (Å²) in [5.41, 5.74) is 0. The lowest BCUT2D eigenvalue weighted by Gasteiger charge is -2.14. The van der Waals surface area contributed by atoms with Gasteiger partial charge in [-0.05, 0) is 31.2 Å². The predicted octanol–water partition coefficient (Wildman–Crippen LogP) is 2.05. The summed E-state index contributed by atoms with van der Waals surface area (Å²) in [6, 6.07) is 0. The van der Waals surface area contributed by atoms with Crippen molar-refractivity contribution < 1.29 is 9.84 Å². The van der Waals surface area contributed by atoms with Crippen molar-refractivity contribution in [3.05, 3.63) is 0 Å². The van der Waals surface area contributed by atoms with E-state index in [4.69, 9.17) is 9.84 Å². The molecule has 0 spiro atoms. The first-order chi connectivity index (χ1) is 7.70. The summed E-state index contributed by atoms with van der Waals surface area (Å²) in [7, 11) is 0. The molecule has 0 aliphatic heterocycles. The zero-order valence-electron chi connectivity index (χ0n) is 11.2. The molecule has 98 valence electrons. The third-order valence-electron chi connectivity index (χ3n) is 2.81. The topological polar surface area (TPSA) is 41.5 Å². The molecule has 0 aromatic carbocycles. The largest absolute Gasteiger partial charge is 0.396 e. The molecule has 0 rings (SSSR count). The van der Waals surface area contributed by atoms with Gasteiger partial charge in [-0.15, -0.1) is 0 Å². The monoisotopic (exact) mass is 231 g/mol. The van der Waals surface area contributed by atoms with Crippen molar-refractivity contribution in [1.82, 2.24) is 5.32 Å². The Bertz CT molecular complexity index is 140. The van der Waals surface area contributed by atoms with E-state index < -0.39 is 0 Å². The number of aliphatic hydroxyl groups is 1. The van der Waals surface area contributed by atoms with Crippen LogP contribution in [-0.4, -0.2) is 38.0 Å². The quantitative estimate of drug-likeness (QED) is 0.535. The van der Waals surface area contributed by atoms with E-state index in [1.165, 1.54) is 0 Å². The van der Waals surface area contributed by atoms with Crippen LogP contribution in [0.5, 0.6) is 0 Å². The van der Waals surface area contributed by atoms with E-state index >= 15 is 0 Å². The first-order valence-corrected chi connectivity index (χ1v) is 6.60. The smallest absolute Gasteiger partial charge is 0.0590 e. The van der Waals surface area contributed by atoms with E-state index in [1.54, 1.807) is 0 Å². The number of ether oxygens (including phenoxy) is 1. The average Bonchev–Trinajstić information content (AvgIpc) is 2.26. The highest BCUT2D eigenvalue weighted by Crippen LogP contribution is 2.05. The van der Waals surface area contributed by atoms with E-state index in [2.05, 4.69) is 26.1 Å². The van der Waals surface area contributed by atoms with Gasteiger partial charge >= 0.3 is 0 Å². The molecule has 0 saturated heterocycles. The van der Waals surface area contributed by atoms with Gasteiger partial charge in [0, 0.05) is 19.8 Å². The molecular weight excluding hydrogens is 202 g/mol. The maximum atomic E-state index is 8.84. The van der Waals surface area contributed by atoms with Gasteiger partial charge in [0.05, 0.1) is 6.61 Å². The van der Waals surface area contributed by atoms with Crippen LogP contribution < -0.4 is 5.32 Å². The van der Waals surface area contributed by atoms with E-state index in [9.17, 15) is 0 Å². The molecule has 1 unspecified atom stereocenters. The highest BCUT2D eigenvalue weighted by Gasteiger charge is 2.04. The minimum absolute atomic E-state index is 0.297. The molecule has 3 heteroatoms. The Balaban J connectivity index is 3.19. The van der Waals surface area contributed by atoms with Crippen molar-refractivity contribution in [2.24, 2.45) is 11.8 Å². The molecule has 16 heavy (non-hydrogen) atoms. The van der Waals surface area contributed by atoms with Crippen molar-refractivity contribution in [3.8, 4) is 0 Å². The van der Waals surface area contributed by atoms with Crippen molar-refractivity contribution in [1.29, 1.82) is 0 Å². The van der Waals surface area contributed by atoms with Crippen LogP contribution in [0.3, 0.4) is 0 Å². The summed E-state index contributed by atoms with van der Waals surface area (Å²) in [6.45, 7) is 10.5. The molecule has 0 amide bonds. The number of aliphatic hydroxyl groups excluding tert-OH is 1. The highest BCUT2D eigenvalue weighted by molar-refractivity contribution is 4.60. The Morgan fingerprint density at radius 2 is 1.94 bits per heavy atom. The van der Waals surface area contributed by atoms with Gasteiger partial charge in [-0.1, -0.05) is 27.2 Å².